The standard InChI is InChI=1S/C20H29N5/c1-15-7-6-8-17(16(15)2)24-9-11-25(12-10-24)19-13-18(21-14-22-19)23-20(3,4)5/h6-8,13-14H,9-12H2,1-5H3,(H,21,22,23). The number of hydrogen-bond acceptors (Lipinski definition) is 5. The summed E-state index contributed by atoms with van der Waals surface area (Å²) in [6.45, 7) is 14.8. The van der Waals surface area contributed by atoms with Crippen molar-refractivity contribution in [3.8, 4) is 0 Å². The van der Waals surface area contributed by atoms with Crippen LogP contribution in [0, 0.1) is 13.8 Å². The van der Waals surface area contributed by atoms with Crippen molar-refractivity contribution in [3.05, 3.63) is 41.7 Å². The number of nitrogens with one attached hydrogen (secondary N) is 1. The predicted octanol–water partition coefficient (Wildman–Crippen LogP) is 3.63. The largest absolute Gasteiger partial charge is 0.368 e. The summed E-state index contributed by atoms with van der Waals surface area (Å²) in [6.07, 6.45) is 1.65. The molecule has 1 aromatic heterocycles. The van der Waals surface area contributed by atoms with Gasteiger partial charge in [0.2, 0.25) is 0 Å². The molecule has 0 amide bonds. The van der Waals surface area contributed by atoms with Gasteiger partial charge in [0.05, 0.1) is 0 Å². The first kappa shape index (κ1) is 17.5. The number of benzene rings is 1. The summed E-state index contributed by atoms with van der Waals surface area (Å²) in [5.41, 5.74) is 4.09. The lowest BCUT2D eigenvalue weighted by Crippen LogP contribution is -2.47. The highest BCUT2D eigenvalue weighted by Gasteiger charge is 2.20. The van der Waals surface area contributed by atoms with E-state index in [1.54, 1.807) is 6.33 Å². The lowest BCUT2D eigenvalue weighted by molar-refractivity contribution is 0.627. The summed E-state index contributed by atoms with van der Waals surface area (Å²) in [5.74, 6) is 1.89. The topological polar surface area (TPSA) is 44.3 Å². The third-order valence-electron chi connectivity index (χ3n) is 4.68. The summed E-state index contributed by atoms with van der Waals surface area (Å²) in [6, 6.07) is 8.62. The predicted molar refractivity (Wildman–Crippen MR) is 106 cm³/mol. The number of hydrogen-bond donors (Lipinski definition) is 1. The summed E-state index contributed by atoms with van der Waals surface area (Å²) in [5, 5.41) is 3.42. The molecule has 0 spiro atoms. The fourth-order valence-electron chi connectivity index (χ4n) is 3.23. The van der Waals surface area contributed by atoms with E-state index in [0.717, 1.165) is 37.8 Å². The lowest BCUT2D eigenvalue weighted by atomic mass is 10.1. The number of aryl methyl sites for hydroxylation is 1. The first-order valence-electron chi connectivity index (χ1n) is 9.00. The highest BCUT2D eigenvalue weighted by molar-refractivity contribution is 5.58. The van der Waals surface area contributed by atoms with Crippen molar-refractivity contribution in [2.24, 2.45) is 0 Å². The van der Waals surface area contributed by atoms with Crippen LogP contribution in [0.5, 0.6) is 0 Å². The van der Waals surface area contributed by atoms with Crippen LogP contribution in [0.3, 0.4) is 0 Å². The van der Waals surface area contributed by atoms with Crippen molar-refractivity contribution in [2.75, 3.05) is 41.3 Å². The Morgan fingerprint density at radius 2 is 1.64 bits per heavy atom. The molecule has 0 atom stereocenters. The number of nitrogens with zero attached hydrogens (tertiary/aromatic N) is 4. The lowest BCUT2D eigenvalue weighted by Gasteiger charge is -2.37. The highest BCUT2D eigenvalue weighted by Crippen LogP contribution is 2.25. The van der Waals surface area contributed by atoms with Gasteiger partial charge >= 0.3 is 0 Å². The molecule has 3 rings (SSSR count). The molecular formula is C20H29N5. The zero-order valence-corrected chi connectivity index (χ0v) is 16.0. The molecule has 1 saturated heterocycles. The fourth-order valence-corrected chi connectivity index (χ4v) is 3.23. The Morgan fingerprint density at radius 1 is 0.960 bits per heavy atom. The van der Waals surface area contributed by atoms with Gasteiger partial charge in [-0.15, -0.1) is 0 Å². The van der Waals surface area contributed by atoms with Crippen LogP contribution in [-0.4, -0.2) is 41.7 Å². The zero-order chi connectivity index (χ0) is 18.0. The summed E-state index contributed by atoms with van der Waals surface area (Å²) in [7, 11) is 0. The second-order valence-corrected chi connectivity index (χ2v) is 7.83. The van der Waals surface area contributed by atoms with E-state index in [2.05, 4.69) is 84.0 Å². The van der Waals surface area contributed by atoms with E-state index in [4.69, 9.17) is 0 Å². The van der Waals surface area contributed by atoms with Crippen LogP contribution in [-0.2, 0) is 0 Å². The average molecular weight is 339 g/mol. The van der Waals surface area contributed by atoms with Gasteiger partial charge in [0.15, 0.2) is 0 Å². The van der Waals surface area contributed by atoms with E-state index in [-0.39, 0.29) is 5.54 Å². The molecule has 0 saturated carbocycles. The van der Waals surface area contributed by atoms with Crippen LogP contribution in [0.25, 0.3) is 0 Å². The number of piperazine rings is 1. The van der Waals surface area contributed by atoms with Gasteiger partial charge in [0.25, 0.3) is 0 Å². The fraction of sp³-hybridized carbons (Fsp3) is 0.500. The minimum atomic E-state index is -0.00693. The summed E-state index contributed by atoms with van der Waals surface area (Å²) < 4.78 is 0. The van der Waals surface area contributed by atoms with Crippen LogP contribution in [0.4, 0.5) is 17.3 Å². The minimum absolute atomic E-state index is 0.00693. The maximum atomic E-state index is 4.48. The Hall–Kier alpha value is -2.30. The summed E-state index contributed by atoms with van der Waals surface area (Å²) >= 11 is 0. The highest BCUT2D eigenvalue weighted by atomic mass is 15.3. The molecule has 1 aliphatic rings. The van der Waals surface area contributed by atoms with Gasteiger partial charge in [0.1, 0.15) is 18.0 Å². The van der Waals surface area contributed by atoms with Gasteiger partial charge in [-0.25, -0.2) is 9.97 Å². The Bertz CT molecular complexity index is 727. The van der Waals surface area contributed by atoms with Crippen molar-refractivity contribution in [1.29, 1.82) is 0 Å². The normalized spacial score (nSPS) is 15.4. The molecule has 1 aliphatic heterocycles. The number of aromatic nitrogens is 2. The molecular weight excluding hydrogens is 310 g/mol. The van der Waals surface area contributed by atoms with Crippen LogP contribution in [0.2, 0.25) is 0 Å². The Morgan fingerprint density at radius 3 is 2.32 bits per heavy atom. The third-order valence-corrected chi connectivity index (χ3v) is 4.68. The second kappa shape index (κ2) is 6.90. The molecule has 2 heterocycles. The van der Waals surface area contributed by atoms with Crippen molar-refractivity contribution in [1.82, 2.24) is 9.97 Å². The molecule has 134 valence electrons. The molecule has 5 nitrogen and oxygen atoms in total. The smallest absolute Gasteiger partial charge is 0.134 e. The Balaban J connectivity index is 1.68. The molecule has 25 heavy (non-hydrogen) atoms. The van der Waals surface area contributed by atoms with Crippen LogP contribution in [0.1, 0.15) is 31.9 Å². The van der Waals surface area contributed by atoms with Gasteiger partial charge in [-0.2, -0.15) is 0 Å². The summed E-state index contributed by atoms with van der Waals surface area (Å²) in [4.78, 5) is 13.6. The molecule has 1 fully saturated rings. The second-order valence-electron chi connectivity index (χ2n) is 7.83. The number of anilines is 3. The van der Waals surface area contributed by atoms with Crippen LogP contribution >= 0.6 is 0 Å². The molecule has 0 bridgehead atoms. The van der Waals surface area contributed by atoms with Crippen molar-refractivity contribution >= 4 is 17.3 Å². The third kappa shape index (κ3) is 4.21. The first-order chi connectivity index (χ1) is 11.8. The van der Waals surface area contributed by atoms with Gasteiger partial charge < -0.3 is 15.1 Å². The molecule has 0 unspecified atom stereocenters. The van der Waals surface area contributed by atoms with E-state index >= 15 is 0 Å². The van der Waals surface area contributed by atoms with E-state index in [9.17, 15) is 0 Å². The monoisotopic (exact) mass is 339 g/mol. The van der Waals surface area contributed by atoms with E-state index < -0.39 is 0 Å². The molecule has 5 heteroatoms. The Kier molecular flexibility index (Phi) is 4.84. The zero-order valence-electron chi connectivity index (χ0n) is 16.0. The van der Waals surface area contributed by atoms with E-state index in [1.165, 1.54) is 16.8 Å². The van der Waals surface area contributed by atoms with E-state index in [1.807, 2.05) is 0 Å². The van der Waals surface area contributed by atoms with Crippen molar-refractivity contribution in [2.45, 2.75) is 40.2 Å². The average Bonchev–Trinajstić information content (AvgIpc) is 2.56. The maximum Gasteiger partial charge on any atom is 0.134 e. The first-order valence-corrected chi connectivity index (χ1v) is 9.00. The van der Waals surface area contributed by atoms with Gasteiger partial charge in [-0.1, -0.05) is 12.1 Å². The molecule has 1 aromatic carbocycles. The molecule has 0 aliphatic carbocycles. The quantitative estimate of drug-likeness (QED) is 0.925. The van der Waals surface area contributed by atoms with Gasteiger partial charge in [-0.05, 0) is 51.8 Å². The maximum absolute atomic E-state index is 4.48. The Labute approximate surface area is 151 Å². The van der Waals surface area contributed by atoms with Crippen LogP contribution < -0.4 is 15.1 Å². The SMILES string of the molecule is Cc1cccc(N2CCN(c3cc(NC(C)(C)C)ncn3)CC2)c1C. The van der Waals surface area contributed by atoms with Gasteiger partial charge in [0, 0.05) is 43.5 Å². The van der Waals surface area contributed by atoms with Gasteiger partial charge in [-0.3, -0.25) is 0 Å². The molecule has 0 radical (unpaired) electrons. The number of rotatable bonds is 3. The minimum Gasteiger partial charge on any atom is -0.368 e. The van der Waals surface area contributed by atoms with E-state index in [0.29, 0.717) is 0 Å². The molecule has 1 N–H and O–H groups in total. The van der Waals surface area contributed by atoms with Crippen molar-refractivity contribution < 1.29 is 0 Å². The van der Waals surface area contributed by atoms with Crippen LogP contribution in [0.15, 0.2) is 30.6 Å². The molecule has 2 aromatic rings. The van der Waals surface area contributed by atoms with Crippen molar-refractivity contribution in [3.63, 3.8) is 0 Å².